The van der Waals surface area contributed by atoms with Crippen molar-refractivity contribution in [1.29, 1.82) is 0 Å². The third-order valence-electron chi connectivity index (χ3n) is 3.71. The van der Waals surface area contributed by atoms with Gasteiger partial charge in [-0.3, -0.25) is 14.2 Å². The lowest BCUT2D eigenvalue weighted by atomic mass is 10.0. The molecule has 0 aliphatic carbocycles. The van der Waals surface area contributed by atoms with Gasteiger partial charge in [0.05, 0.1) is 0 Å². The molecule has 0 spiro atoms. The van der Waals surface area contributed by atoms with E-state index in [1.54, 1.807) is 32.9 Å². The van der Waals surface area contributed by atoms with E-state index in [1.807, 2.05) is 6.92 Å². The molecule has 22 heavy (non-hydrogen) atoms. The second kappa shape index (κ2) is 7.24. The highest BCUT2D eigenvalue weighted by atomic mass is 16.4. The molecule has 6 heteroatoms. The minimum Gasteiger partial charge on any atom is -0.480 e. The lowest BCUT2D eigenvalue weighted by molar-refractivity contribution is -0.143. The molecule has 0 radical (unpaired) electrons. The lowest BCUT2D eigenvalue weighted by Crippen LogP contribution is -2.53. The summed E-state index contributed by atoms with van der Waals surface area (Å²) < 4.78 is 1.38. The number of aromatic nitrogens is 1. The normalized spacial score (nSPS) is 12.7. The number of hydrogen-bond donors (Lipinski definition) is 2. The summed E-state index contributed by atoms with van der Waals surface area (Å²) in [5, 5.41) is 11.8. The second-order valence-electron chi connectivity index (χ2n) is 5.91. The number of unbranched alkanes of at least 4 members (excludes halogenated alkanes) is 1. The molecular weight excluding hydrogens is 284 g/mol. The van der Waals surface area contributed by atoms with Gasteiger partial charge in [0.25, 0.3) is 5.56 Å². The van der Waals surface area contributed by atoms with Gasteiger partial charge in [-0.25, -0.2) is 4.79 Å². The molecule has 122 valence electrons. The van der Waals surface area contributed by atoms with Crippen molar-refractivity contribution in [1.82, 2.24) is 9.88 Å². The zero-order chi connectivity index (χ0) is 16.9. The molecule has 1 unspecified atom stereocenters. The minimum atomic E-state index is -1.16. The number of aliphatic carboxylic acids is 1. The largest absolute Gasteiger partial charge is 0.480 e. The zero-order valence-corrected chi connectivity index (χ0v) is 13.5. The molecule has 1 heterocycles. The Labute approximate surface area is 130 Å². The SMILES string of the molecule is CCCCC(NC(=O)C(C)(C)n1c(C)cccc1=O)C(=O)O. The van der Waals surface area contributed by atoms with E-state index in [2.05, 4.69) is 5.32 Å². The number of hydrogen-bond acceptors (Lipinski definition) is 3. The Hall–Kier alpha value is -2.11. The maximum absolute atomic E-state index is 12.5. The first kappa shape index (κ1) is 17.9. The van der Waals surface area contributed by atoms with Gasteiger partial charge in [-0.05, 0) is 33.3 Å². The van der Waals surface area contributed by atoms with E-state index >= 15 is 0 Å². The van der Waals surface area contributed by atoms with Crippen molar-refractivity contribution < 1.29 is 14.7 Å². The average molecular weight is 308 g/mol. The Morgan fingerprint density at radius 2 is 2.00 bits per heavy atom. The van der Waals surface area contributed by atoms with Gasteiger partial charge in [-0.1, -0.05) is 25.8 Å². The van der Waals surface area contributed by atoms with Gasteiger partial charge in [-0.15, -0.1) is 0 Å². The van der Waals surface area contributed by atoms with Crippen molar-refractivity contribution in [3.63, 3.8) is 0 Å². The molecule has 0 aliphatic heterocycles. The third kappa shape index (κ3) is 3.96. The van der Waals surface area contributed by atoms with Crippen LogP contribution in [0, 0.1) is 6.92 Å². The maximum Gasteiger partial charge on any atom is 0.326 e. The van der Waals surface area contributed by atoms with Crippen LogP contribution in [0.5, 0.6) is 0 Å². The standard InChI is InChI=1S/C16H24N2O4/c1-5-6-9-12(14(20)21)17-15(22)16(3,4)18-11(2)8-7-10-13(18)19/h7-8,10,12H,5-6,9H2,1-4H3,(H,17,22)(H,20,21). The van der Waals surface area contributed by atoms with Crippen LogP contribution in [0.3, 0.4) is 0 Å². The van der Waals surface area contributed by atoms with Crippen LogP contribution in [0.25, 0.3) is 0 Å². The maximum atomic E-state index is 12.5. The number of carbonyl (C=O) groups excluding carboxylic acids is 1. The van der Waals surface area contributed by atoms with Crippen LogP contribution in [0.2, 0.25) is 0 Å². The molecule has 0 bridgehead atoms. The van der Waals surface area contributed by atoms with Crippen LogP contribution < -0.4 is 10.9 Å². The van der Waals surface area contributed by atoms with Gasteiger partial charge in [-0.2, -0.15) is 0 Å². The van der Waals surface area contributed by atoms with Crippen molar-refractivity contribution in [3.05, 3.63) is 34.2 Å². The highest BCUT2D eigenvalue weighted by Gasteiger charge is 2.34. The van der Waals surface area contributed by atoms with Crippen LogP contribution in [-0.2, 0) is 15.1 Å². The quantitative estimate of drug-likeness (QED) is 0.801. The monoisotopic (exact) mass is 308 g/mol. The summed E-state index contributed by atoms with van der Waals surface area (Å²) in [6.07, 6.45) is 1.93. The molecule has 1 amide bonds. The van der Waals surface area contributed by atoms with Gasteiger partial charge in [0.15, 0.2) is 0 Å². The number of carboxylic acid groups (broad SMARTS) is 1. The highest BCUT2D eigenvalue weighted by molar-refractivity contribution is 5.88. The van der Waals surface area contributed by atoms with Crippen molar-refractivity contribution >= 4 is 11.9 Å². The molecule has 6 nitrogen and oxygen atoms in total. The van der Waals surface area contributed by atoms with Crippen LogP contribution in [0.15, 0.2) is 23.0 Å². The van der Waals surface area contributed by atoms with E-state index in [-0.39, 0.29) is 5.56 Å². The highest BCUT2D eigenvalue weighted by Crippen LogP contribution is 2.16. The van der Waals surface area contributed by atoms with Crippen LogP contribution in [0.4, 0.5) is 0 Å². The topological polar surface area (TPSA) is 88.4 Å². The first-order chi connectivity index (χ1) is 10.2. The fourth-order valence-electron chi connectivity index (χ4n) is 2.41. The second-order valence-corrected chi connectivity index (χ2v) is 5.91. The molecule has 0 saturated heterocycles. The van der Waals surface area contributed by atoms with Crippen LogP contribution in [0.1, 0.15) is 45.7 Å². The zero-order valence-electron chi connectivity index (χ0n) is 13.5. The smallest absolute Gasteiger partial charge is 0.326 e. The van der Waals surface area contributed by atoms with Gasteiger partial charge in [0.2, 0.25) is 5.91 Å². The van der Waals surface area contributed by atoms with E-state index in [0.717, 1.165) is 6.42 Å². The summed E-state index contributed by atoms with van der Waals surface area (Å²) in [4.78, 5) is 35.8. The number of rotatable bonds is 7. The van der Waals surface area contributed by atoms with E-state index in [0.29, 0.717) is 18.5 Å². The molecule has 0 aliphatic rings. The minimum absolute atomic E-state index is 0.291. The summed E-state index contributed by atoms with van der Waals surface area (Å²) in [6.45, 7) is 6.91. The summed E-state index contributed by atoms with van der Waals surface area (Å²) in [6, 6.07) is 3.81. The molecule has 1 rings (SSSR count). The number of carboxylic acids is 1. The fourth-order valence-corrected chi connectivity index (χ4v) is 2.41. The molecule has 1 atom stereocenters. The first-order valence-electron chi connectivity index (χ1n) is 7.44. The molecule has 0 aromatic carbocycles. The summed E-state index contributed by atoms with van der Waals surface area (Å²) in [5.41, 5.74) is -0.809. The van der Waals surface area contributed by atoms with Crippen molar-refractivity contribution in [2.75, 3.05) is 0 Å². The molecular formula is C16H24N2O4. The van der Waals surface area contributed by atoms with Gasteiger partial charge < -0.3 is 10.4 Å². The molecule has 0 saturated carbocycles. The predicted molar refractivity (Wildman–Crippen MR) is 83.9 cm³/mol. The van der Waals surface area contributed by atoms with Crippen molar-refractivity contribution in [3.8, 4) is 0 Å². The number of amides is 1. The average Bonchev–Trinajstić information content (AvgIpc) is 2.42. The van der Waals surface area contributed by atoms with Crippen LogP contribution in [-0.4, -0.2) is 27.6 Å². The third-order valence-corrected chi connectivity index (χ3v) is 3.71. The van der Waals surface area contributed by atoms with Gasteiger partial charge in [0.1, 0.15) is 11.6 Å². The number of nitrogens with one attached hydrogen (secondary N) is 1. The summed E-state index contributed by atoms with van der Waals surface area (Å²) in [5.74, 6) is -1.54. The van der Waals surface area contributed by atoms with Crippen LogP contribution >= 0.6 is 0 Å². The molecule has 1 aromatic heterocycles. The Morgan fingerprint density at radius 1 is 1.36 bits per heavy atom. The fraction of sp³-hybridized carbons (Fsp3) is 0.562. The van der Waals surface area contributed by atoms with Gasteiger partial charge >= 0.3 is 5.97 Å². The Kier molecular flexibility index (Phi) is 5.91. The Morgan fingerprint density at radius 3 is 2.50 bits per heavy atom. The summed E-state index contributed by atoms with van der Waals surface area (Å²) in [7, 11) is 0. The number of aryl methyl sites for hydroxylation is 1. The molecule has 2 N–H and O–H groups in total. The van der Waals surface area contributed by atoms with E-state index < -0.39 is 23.5 Å². The summed E-state index contributed by atoms with van der Waals surface area (Å²) >= 11 is 0. The van der Waals surface area contributed by atoms with Crippen molar-refractivity contribution in [2.45, 2.75) is 58.5 Å². The molecule has 1 aromatic rings. The van der Waals surface area contributed by atoms with E-state index in [9.17, 15) is 19.5 Å². The van der Waals surface area contributed by atoms with E-state index in [1.165, 1.54) is 10.6 Å². The first-order valence-corrected chi connectivity index (χ1v) is 7.44. The number of pyridine rings is 1. The molecule has 0 fully saturated rings. The predicted octanol–water partition coefficient (Wildman–Crippen LogP) is 1.65. The van der Waals surface area contributed by atoms with E-state index in [4.69, 9.17) is 0 Å². The number of carbonyl (C=O) groups is 2. The van der Waals surface area contributed by atoms with Crippen molar-refractivity contribution in [2.24, 2.45) is 0 Å². The number of nitrogens with zero attached hydrogens (tertiary/aromatic N) is 1. The lowest BCUT2D eigenvalue weighted by Gasteiger charge is -2.29. The Balaban J connectivity index is 3.04. The van der Waals surface area contributed by atoms with Gasteiger partial charge in [0, 0.05) is 11.8 Å². The Bertz CT molecular complexity index is 604.